The molecule has 11 heteroatoms. The van der Waals surface area contributed by atoms with E-state index in [1.807, 2.05) is 0 Å². The van der Waals surface area contributed by atoms with Crippen molar-refractivity contribution < 1.29 is 28.9 Å². The average molecular weight is 550 g/mol. The van der Waals surface area contributed by atoms with Crippen molar-refractivity contribution in [1.82, 2.24) is 10.2 Å². The lowest BCUT2D eigenvalue weighted by molar-refractivity contribution is -0.132. The van der Waals surface area contributed by atoms with E-state index in [2.05, 4.69) is 10.2 Å². The van der Waals surface area contributed by atoms with Crippen LogP contribution in [0.5, 0.6) is 11.5 Å². The van der Waals surface area contributed by atoms with Crippen LogP contribution in [-0.4, -0.2) is 39.2 Å². The fraction of sp³-hybridized carbons (Fsp3) is 0.111. The van der Waals surface area contributed by atoms with Crippen molar-refractivity contribution in [2.75, 3.05) is 12.0 Å². The summed E-state index contributed by atoms with van der Waals surface area (Å²) in [5.74, 6) is -1.88. The van der Waals surface area contributed by atoms with Crippen molar-refractivity contribution in [3.05, 3.63) is 101 Å². The first-order chi connectivity index (χ1) is 18.4. The van der Waals surface area contributed by atoms with Gasteiger partial charge in [0.2, 0.25) is 5.13 Å². The van der Waals surface area contributed by atoms with Crippen LogP contribution >= 0.6 is 23.1 Å². The molecule has 1 atom stereocenters. The Morgan fingerprint density at radius 2 is 1.82 bits per heavy atom. The molecule has 1 aliphatic rings. The number of carbonyl (C=O) groups is 2. The van der Waals surface area contributed by atoms with E-state index >= 15 is 0 Å². The molecular formula is C27H20FN3O5S2. The van der Waals surface area contributed by atoms with E-state index in [4.69, 9.17) is 4.74 Å². The van der Waals surface area contributed by atoms with Gasteiger partial charge < -0.3 is 14.9 Å². The average Bonchev–Trinajstić information content (AvgIpc) is 3.50. The van der Waals surface area contributed by atoms with Gasteiger partial charge in [0.1, 0.15) is 11.6 Å². The Balaban J connectivity index is 1.56. The van der Waals surface area contributed by atoms with Crippen LogP contribution in [0.2, 0.25) is 0 Å². The maximum Gasteiger partial charge on any atom is 0.301 e. The number of aliphatic hydroxyl groups excluding tert-OH is 1. The van der Waals surface area contributed by atoms with Crippen LogP contribution in [0.25, 0.3) is 5.76 Å². The van der Waals surface area contributed by atoms with Gasteiger partial charge >= 0.3 is 5.91 Å². The minimum absolute atomic E-state index is 0.119. The van der Waals surface area contributed by atoms with Crippen molar-refractivity contribution in [3.63, 3.8) is 0 Å². The number of hydrogen-bond donors (Lipinski definition) is 2. The van der Waals surface area contributed by atoms with Crippen LogP contribution in [0, 0.1) is 5.82 Å². The van der Waals surface area contributed by atoms with Crippen LogP contribution in [0.4, 0.5) is 9.52 Å². The highest BCUT2D eigenvalue weighted by Gasteiger charge is 2.48. The quantitative estimate of drug-likeness (QED) is 0.105. The second-order valence-electron chi connectivity index (χ2n) is 8.23. The molecule has 0 aliphatic carbocycles. The zero-order valence-corrected chi connectivity index (χ0v) is 21.5. The first-order valence-electron chi connectivity index (χ1n) is 11.3. The molecule has 192 valence electrons. The second-order valence-corrected chi connectivity index (χ2v) is 10.4. The van der Waals surface area contributed by atoms with E-state index in [0.717, 1.165) is 16.9 Å². The van der Waals surface area contributed by atoms with Gasteiger partial charge in [0.05, 0.1) is 18.7 Å². The summed E-state index contributed by atoms with van der Waals surface area (Å²) in [5, 5.41) is 29.8. The number of benzene rings is 3. The van der Waals surface area contributed by atoms with E-state index in [9.17, 15) is 24.2 Å². The van der Waals surface area contributed by atoms with Gasteiger partial charge in [0.25, 0.3) is 5.78 Å². The number of ketones is 1. The lowest BCUT2D eigenvalue weighted by atomic mass is 9.95. The number of nitrogens with zero attached hydrogens (tertiary/aromatic N) is 3. The van der Waals surface area contributed by atoms with E-state index in [0.29, 0.717) is 21.2 Å². The summed E-state index contributed by atoms with van der Waals surface area (Å²) in [7, 11) is 1.38. The lowest BCUT2D eigenvalue weighted by Gasteiger charge is -2.23. The monoisotopic (exact) mass is 549 g/mol. The molecule has 4 aromatic rings. The van der Waals surface area contributed by atoms with Gasteiger partial charge in [-0.05, 0) is 35.4 Å². The zero-order valence-electron chi connectivity index (χ0n) is 19.9. The second kappa shape index (κ2) is 10.6. The van der Waals surface area contributed by atoms with Crippen molar-refractivity contribution in [2.45, 2.75) is 16.1 Å². The zero-order chi connectivity index (χ0) is 26.8. The molecule has 0 saturated carbocycles. The third-order valence-electron chi connectivity index (χ3n) is 5.89. The molecule has 3 aromatic carbocycles. The minimum Gasteiger partial charge on any atom is -0.507 e. The number of phenolic OH excluding ortho intramolecular Hbond substituents is 1. The number of phenols is 1. The molecule has 1 unspecified atom stereocenters. The number of aliphatic hydroxyl groups is 1. The first kappa shape index (κ1) is 25.4. The number of anilines is 1. The molecule has 8 nitrogen and oxygen atoms in total. The third kappa shape index (κ3) is 4.85. The molecule has 38 heavy (non-hydrogen) atoms. The molecule has 1 saturated heterocycles. The highest BCUT2D eigenvalue weighted by molar-refractivity contribution is 8.00. The summed E-state index contributed by atoms with van der Waals surface area (Å²) in [6.45, 7) is 0. The van der Waals surface area contributed by atoms with Crippen LogP contribution in [0.3, 0.4) is 0 Å². The minimum atomic E-state index is -1.05. The van der Waals surface area contributed by atoms with E-state index in [1.54, 1.807) is 48.5 Å². The predicted molar refractivity (Wildman–Crippen MR) is 142 cm³/mol. The number of rotatable bonds is 7. The highest BCUT2D eigenvalue weighted by atomic mass is 32.2. The summed E-state index contributed by atoms with van der Waals surface area (Å²) < 4.78 is 19.0. The topological polar surface area (TPSA) is 113 Å². The predicted octanol–water partition coefficient (Wildman–Crippen LogP) is 5.31. The molecule has 5 rings (SSSR count). The molecular weight excluding hydrogens is 529 g/mol. The van der Waals surface area contributed by atoms with E-state index in [1.165, 1.54) is 48.0 Å². The fourth-order valence-corrected chi connectivity index (χ4v) is 5.87. The molecule has 1 aliphatic heterocycles. The summed E-state index contributed by atoms with van der Waals surface area (Å²) in [4.78, 5) is 27.8. The van der Waals surface area contributed by atoms with Crippen molar-refractivity contribution in [3.8, 4) is 11.5 Å². The lowest BCUT2D eigenvalue weighted by Crippen LogP contribution is -2.29. The Bertz CT molecular complexity index is 1540. The number of carbonyl (C=O) groups excluding carboxylic acids is 2. The normalized spacial score (nSPS) is 16.7. The Morgan fingerprint density at radius 3 is 2.53 bits per heavy atom. The Morgan fingerprint density at radius 1 is 1.08 bits per heavy atom. The number of ether oxygens (including phenoxy) is 1. The van der Waals surface area contributed by atoms with Gasteiger partial charge in [-0.25, -0.2) is 4.39 Å². The number of amides is 1. The van der Waals surface area contributed by atoms with Crippen LogP contribution in [-0.2, 0) is 15.3 Å². The molecule has 1 aromatic heterocycles. The Hall–Kier alpha value is -4.22. The maximum absolute atomic E-state index is 13.3. The van der Waals surface area contributed by atoms with Crippen molar-refractivity contribution >= 4 is 45.7 Å². The Labute approximate surface area is 225 Å². The summed E-state index contributed by atoms with van der Waals surface area (Å²) in [5.41, 5.74) is 1.55. The fourth-order valence-electron chi connectivity index (χ4n) is 4.04. The van der Waals surface area contributed by atoms with Gasteiger partial charge in [0, 0.05) is 11.3 Å². The number of Topliss-reactive ketones (excluding diaryl/α,β-unsaturated/α-hetero) is 1. The van der Waals surface area contributed by atoms with Crippen molar-refractivity contribution in [1.29, 1.82) is 0 Å². The van der Waals surface area contributed by atoms with E-state index in [-0.39, 0.29) is 33.8 Å². The summed E-state index contributed by atoms with van der Waals surface area (Å²) in [6.07, 6.45) is 0. The molecule has 1 fully saturated rings. The number of aromatic nitrogens is 2. The van der Waals surface area contributed by atoms with E-state index < -0.39 is 17.7 Å². The van der Waals surface area contributed by atoms with Crippen molar-refractivity contribution in [2.24, 2.45) is 0 Å². The number of aromatic hydroxyl groups is 1. The van der Waals surface area contributed by atoms with Crippen LogP contribution < -0.4 is 9.64 Å². The number of hydrogen-bond acceptors (Lipinski definition) is 9. The number of thioether (sulfide) groups is 1. The van der Waals surface area contributed by atoms with Gasteiger partial charge in [-0.15, -0.1) is 10.2 Å². The molecule has 2 N–H and O–H groups in total. The van der Waals surface area contributed by atoms with Gasteiger partial charge in [-0.1, -0.05) is 71.6 Å². The molecule has 0 bridgehead atoms. The number of methoxy groups -OCH3 is 1. The SMILES string of the molecule is COc1cc(C2/C(=C(/O)c3ccccc3)C(=O)C(=O)N2c2nnc(SCc3ccc(F)cc3)s2)ccc1O. The molecule has 1 amide bonds. The third-order valence-corrected chi connectivity index (χ3v) is 8.02. The Kier molecular flexibility index (Phi) is 7.12. The standard InChI is InChI=1S/C27H20FN3O5S2/c1-36-20-13-17(9-12-19(20)32)22-21(23(33)16-5-3-2-4-6-16)24(34)25(35)31(22)26-29-30-27(38-26)37-14-15-7-10-18(28)11-8-15/h2-13,22,32-33H,14H2,1H3/b23-21-. The molecule has 2 heterocycles. The number of halogens is 1. The molecule has 0 radical (unpaired) electrons. The largest absolute Gasteiger partial charge is 0.507 e. The van der Waals surface area contributed by atoms with Crippen LogP contribution in [0.15, 0.2) is 82.7 Å². The van der Waals surface area contributed by atoms with Gasteiger partial charge in [-0.3, -0.25) is 14.5 Å². The van der Waals surface area contributed by atoms with Gasteiger partial charge in [-0.2, -0.15) is 0 Å². The molecule has 0 spiro atoms. The van der Waals surface area contributed by atoms with Gasteiger partial charge in [0.15, 0.2) is 15.8 Å². The highest BCUT2D eigenvalue weighted by Crippen LogP contribution is 2.45. The summed E-state index contributed by atoms with van der Waals surface area (Å²) >= 11 is 2.47. The maximum atomic E-state index is 13.3. The first-order valence-corrected chi connectivity index (χ1v) is 13.1. The smallest absolute Gasteiger partial charge is 0.301 e. The summed E-state index contributed by atoms with van der Waals surface area (Å²) in [6, 6.07) is 17.9. The van der Waals surface area contributed by atoms with Crippen LogP contribution in [0.1, 0.15) is 22.7 Å².